The average molecular weight is 468 g/mol. The number of furan rings is 1. The van der Waals surface area contributed by atoms with E-state index in [9.17, 15) is 18.0 Å². The highest BCUT2D eigenvalue weighted by Gasteiger charge is 2.36. The largest absolute Gasteiger partial charge is 0.459 e. The van der Waals surface area contributed by atoms with E-state index in [2.05, 4.69) is 5.32 Å². The van der Waals surface area contributed by atoms with Gasteiger partial charge in [-0.15, -0.1) is 0 Å². The highest BCUT2D eigenvalue weighted by atomic mass is 32.2. The van der Waals surface area contributed by atoms with E-state index in [0.29, 0.717) is 17.7 Å². The Morgan fingerprint density at radius 2 is 1.79 bits per heavy atom. The molecule has 0 bridgehead atoms. The van der Waals surface area contributed by atoms with E-state index in [-0.39, 0.29) is 23.1 Å². The predicted molar refractivity (Wildman–Crippen MR) is 123 cm³/mol. The van der Waals surface area contributed by atoms with Crippen molar-refractivity contribution in [2.24, 2.45) is 0 Å². The van der Waals surface area contributed by atoms with Crippen molar-refractivity contribution in [1.29, 1.82) is 0 Å². The first-order valence-electron chi connectivity index (χ1n) is 10.4. The van der Waals surface area contributed by atoms with Gasteiger partial charge in [-0.2, -0.15) is 0 Å². The van der Waals surface area contributed by atoms with Crippen LogP contribution in [0.15, 0.2) is 70.2 Å². The fraction of sp³-hybridized carbons (Fsp3) is 0.250. The van der Waals surface area contributed by atoms with E-state index in [1.54, 1.807) is 31.2 Å². The molecule has 0 unspecified atom stereocenters. The van der Waals surface area contributed by atoms with Gasteiger partial charge in [0, 0.05) is 32.7 Å². The summed E-state index contributed by atoms with van der Waals surface area (Å²) in [5.74, 6) is -0.627. The molecule has 8 nitrogen and oxygen atoms in total. The molecule has 0 spiro atoms. The van der Waals surface area contributed by atoms with Gasteiger partial charge in [0.15, 0.2) is 5.76 Å². The second kappa shape index (κ2) is 8.84. The summed E-state index contributed by atoms with van der Waals surface area (Å²) in [4.78, 5) is 28.1. The maximum atomic E-state index is 13.3. The van der Waals surface area contributed by atoms with Crippen LogP contribution in [0.4, 0.5) is 5.69 Å². The number of carbonyl (C=O) groups excluding carboxylic acids is 2. The number of hydrogen-bond acceptors (Lipinski definition) is 5. The smallest absolute Gasteiger partial charge is 0.290 e. The van der Waals surface area contributed by atoms with Gasteiger partial charge in [-0.25, -0.2) is 12.7 Å². The number of rotatable bonds is 5. The Morgan fingerprint density at radius 3 is 2.45 bits per heavy atom. The summed E-state index contributed by atoms with van der Waals surface area (Å²) >= 11 is 0. The Hall–Kier alpha value is -3.43. The molecule has 0 aliphatic carbocycles. The SMILES string of the molecule is Cc1ccc(NC(=O)[C@H]2Cc3ccccc3CN2C(=O)c2ccco2)cc1S(=O)(=O)N(C)C. The van der Waals surface area contributed by atoms with E-state index in [1.165, 1.54) is 31.3 Å². The highest BCUT2D eigenvalue weighted by Crippen LogP contribution is 2.27. The molecular weight excluding hydrogens is 442 g/mol. The van der Waals surface area contributed by atoms with Gasteiger partial charge in [-0.05, 0) is 47.9 Å². The maximum Gasteiger partial charge on any atom is 0.290 e. The third-order valence-electron chi connectivity index (χ3n) is 5.76. The van der Waals surface area contributed by atoms with E-state index >= 15 is 0 Å². The van der Waals surface area contributed by atoms with Crippen molar-refractivity contribution in [1.82, 2.24) is 9.21 Å². The zero-order valence-corrected chi connectivity index (χ0v) is 19.4. The molecule has 0 saturated carbocycles. The van der Waals surface area contributed by atoms with Crippen LogP contribution < -0.4 is 5.32 Å². The number of amides is 2. The molecule has 1 aromatic heterocycles. The predicted octanol–water partition coefficient (Wildman–Crippen LogP) is 3.04. The number of fused-ring (bicyclic) bond motifs is 1. The minimum absolute atomic E-state index is 0.114. The highest BCUT2D eigenvalue weighted by molar-refractivity contribution is 7.89. The van der Waals surface area contributed by atoms with Gasteiger partial charge >= 0.3 is 0 Å². The number of aryl methyl sites for hydroxylation is 1. The summed E-state index contributed by atoms with van der Waals surface area (Å²) in [6.45, 7) is 1.96. The van der Waals surface area contributed by atoms with Crippen LogP contribution in [-0.2, 0) is 27.8 Å². The molecule has 172 valence electrons. The molecule has 0 radical (unpaired) electrons. The third-order valence-corrected chi connectivity index (χ3v) is 7.72. The van der Waals surface area contributed by atoms with Crippen LogP contribution in [-0.4, -0.2) is 49.6 Å². The Balaban J connectivity index is 1.65. The molecule has 1 aliphatic heterocycles. The van der Waals surface area contributed by atoms with Crippen molar-refractivity contribution in [2.45, 2.75) is 30.8 Å². The first-order chi connectivity index (χ1) is 15.7. The molecule has 33 heavy (non-hydrogen) atoms. The van der Waals surface area contributed by atoms with Crippen LogP contribution in [0.2, 0.25) is 0 Å². The zero-order valence-electron chi connectivity index (χ0n) is 18.6. The van der Waals surface area contributed by atoms with Gasteiger partial charge in [-0.1, -0.05) is 30.3 Å². The number of nitrogens with one attached hydrogen (secondary N) is 1. The minimum atomic E-state index is -3.68. The average Bonchev–Trinajstić information content (AvgIpc) is 3.33. The molecule has 0 fully saturated rings. The van der Waals surface area contributed by atoms with Crippen molar-refractivity contribution in [3.8, 4) is 0 Å². The summed E-state index contributed by atoms with van der Waals surface area (Å²) in [6.07, 6.45) is 1.75. The van der Waals surface area contributed by atoms with Crippen LogP contribution in [0, 0.1) is 6.92 Å². The number of benzene rings is 2. The lowest BCUT2D eigenvalue weighted by Gasteiger charge is -2.35. The van der Waals surface area contributed by atoms with Crippen LogP contribution in [0.25, 0.3) is 0 Å². The van der Waals surface area contributed by atoms with Crippen LogP contribution >= 0.6 is 0 Å². The number of carbonyl (C=O) groups is 2. The molecule has 2 heterocycles. The molecular formula is C24H25N3O5S. The molecule has 0 saturated heterocycles. The van der Waals surface area contributed by atoms with Crippen molar-refractivity contribution in [3.05, 3.63) is 83.3 Å². The van der Waals surface area contributed by atoms with Gasteiger partial charge in [0.1, 0.15) is 6.04 Å². The molecule has 1 aliphatic rings. The molecule has 2 aromatic carbocycles. The summed E-state index contributed by atoms with van der Waals surface area (Å²) in [5.41, 5.74) is 2.87. The fourth-order valence-electron chi connectivity index (χ4n) is 3.89. The van der Waals surface area contributed by atoms with E-state index in [0.717, 1.165) is 15.4 Å². The fourth-order valence-corrected chi connectivity index (χ4v) is 5.03. The topological polar surface area (TPSA) is 99.9 Å². The molecule has 1 atom stereocenters. The Morgan fingerprint density at radius 1 is 1.06 bits per heavy atom. The van der Waals surface area contributed by atoms with Gasteiger partial charge in [0.25, 0.3) is 5.91 Å². The number of nitrogens with zero attached hydrogens (tertiary/aromatic N) is 2. The maximum absolute atomic E-state index is 13.3. The third kappa shape index (κ3) is 4.42. The molecule has 9 heteroatoms. The zero-order chi connectivity index (χ0) is 23.8. The first kappa shape index (κ1) is 22.8. The number of sulfonamides is 1. The van der Waals surface area contributed by atoms with Gasteiger partial charge in [-0.3, -0.25) is 9.59 Å². The molecule has 1 N–H and O–H groups in total. The Labute approximate surface area is 192 Å². The summed E-state index contributed by atoms with van der Waals surface area (Å²) in [6, 6.07) is 14.8. The first-order valence-corrected chi connectivity index (χ1v) is 11.9. The van der Waals surface area contributed by atoms with Gasteiger partial charge in [0.2, 0.25) is 15.9 Å². The van der Waals surface area contributed by atoms with Crippen LogP contribution in [0.1, 0.15) is 27.2 Å². The Bertz CT molecular complexity index is 1300. The number of hydrogen-bond donors (Lipinski definition) is 1. The second-order valence-electron chi connectivity index (χ2n) is 8.16. The lowest BCUT2D eigenvalue weighted by Crippen LogP contribution is -2.50. The number of anilines is 1. The quantitative estimate of drug-likeness (QED) is 0.622. The molecule has 4 rings (SSSR count). The van der Waals surface area contributed by atoms with Crippen molar-refractivity contribution in [2.75, 3.05) is 19.4 Å². The van der Waals surface area contributed by atoms with Gasteiger partial charge < -0.3 is 14.6 Å². The summed E-state index contributed by atoms with van der Waals surface area (Å²) in [7, 11) is -0.767. The van der Waals surface area contributed by atoms with E-state index < -0.39 is 22.0 Å². The summed E-state index contributed by atoms with van der Waals surface area (Å²) in [5, 5.41) is 2.80. The van der Waals surface area contributed by atoms with Gasteiger partial charge in [0.05, 0.1) is 11.2 Å². The lowest BCUT2D eigenvalue weighted by atomic mass is 9.93. The summed E-state index contributed by atoms with van der Waals surface area (Å²) < 4.78 is 31.7. The minimum Gasteiger partial charge on any atom is -0.459 e. The van der Waals surface area contributed by atoms with E-state index in [1.807, 2.05) is 24.3 Å². The van der Waals surface area contributed by atoms with Crippen molar-refractivity contribution >= 4 is 27.5 Å². The monoisotopic (exact) mass is 467 g/mol. The van der Waals surface area contributed by atoms with Crippen LogP contribution in [0.5, 0.6) is 0 Å². The lowest BCUT2D eigenvalue weighted by molar-refractivity contribution is -0.121. The normalized spacial score (nSPS) is 15.9. The Kier molecular flexibility index (Phi) is 6.09. The molecule has 2 amide bonds. The molecule has 3 aromatic rings. The van der Waals surface area contributed by atoms with Crippen LogP contribution in [0.3, 0.4) is 0 Å². The standard InChI is InChI=1S/C24H25N3O5S/c1-16-10-11-19(14-22(16)33(30,31)26(2)3)25-23(28)20-13-17-7-4-5-8-18(17)15-27(20)24(29)21-9-6-12-32-21/h4-12,14,20H,13,15H2,1-3H3,(H,25,28)/t20-/m1/s1. The van der Waals surface area contributed by atoms with Crippen molar-refractivity contribution in [3.63, 3.8) is 0 Å². The van der Waals surface area contributed by atoms with E-state index in [4.69, 9.17) is 4.42 Å². The second-order valence-corrected chi connectivity index (χ2v) is 10.3. The van der Waals surface area contributed by atoms with Crippen molar-refractivity contribution < 1.29 is 22.4 Å².